The van der Waals surface area contributed by atoms with Crippen LogP contribution in [0.3, 0.4) is 0 Å². The van der Waals surface area contributed by atoms with Crippen LogP contribution >= 0.6 is 0 Å². The number of aromatic amines is 1. The third kappa shape index (κ3) is 2.26. The van der Waals surface area contributed by atoms with E-state index in [1.54, 1.807) is 13.2 Å². The van der Waals surface area contributed by atoms with E-state index in [0.717, 1.165) is 16.9 Å². The molecule has 0 atom stereocenters. The zero-order valence-electron chi connectivity index (χ0n) is 10.2. The maximum atomic E-state index is 11.3. The van der Waals surface area contributed by atoms with Gasteiger partial charge in [-0.15, -0.1) is 0 Å². The average Bonchev–Trinajstić information content (AvgIpc) is 2.39. The second kappa shape index (κ2) is 5.01. The quantitative estimate of drug-likeness (QED) is 0.854. The smallest absolute Gasteiger partial charge is 0.269 e. The highest BCUT2D eigenvalue weighted by Gasteiger charge is 2.06. The van der Waals surface area contributed by atoms with Gasteiger partial charge in [-0.3, -0.25) is 4.79 Å². The van der Waals surface area contributed by atoms with Crippen molar-refractivity contribution >= 4 is 0 Å². The van der Waals surface area contributed by atoms with Gasteiger partial charge in [0.15, 0.2) is 0 Å². The minimum absolute atomic E-state index is 0.300. The van der Waals surface area contributed by atoms with Gasteiger partial charge in [-0.2, -0.15) is 5.10 Å². The van der Waals surface area contributed by atoms with Crippen molar-refractivity contribution in [2.24, 2.45) is 0 Å². The fourth-order valence-corrected chi connectivity index (χ4v) is 1.75. The first kappa shape index (κ1) is 12.3. The number of nitrogens with zero attached hydrogens (tertiary/aromatic N) is 1. The average molecular weight is 246 g/mol. The normalized spacial score (nSPS) is 10.4. The van der Waals surface area contributed by atoms with E-state index in [1.807, 2.05) is 25.1 Å². The number of ether oxygens (including phenoxy) is 1. The van der Waals surface area contributed by atoms with Crippen LogP contribution in [0, 0.1) is 6.92 Å². The summed E-state index contributed by atoms with van der Waals surface area (Å²) >= 11 is 0. The largest absolute Gasteiger partial charge is 0.496 e. The number of H-pyrrole nitrogens is 1. The number of aliphatic hydroxyl groups is 1. The predicted molar refractivity (Wildman–Crippen MR) is 67.5 cm³/mol. The zero-order valence-corrected chi connectivity index (χ0v) is 10.2. The van der Waals surface area contributed by atoms with Gasteiger partial charge in [-0.25, -0.2) is 5.10 Å². The van der Waals surface area contributed by atoms with Crippen molar-refractivity contribution < 1.29 is 9.84 Å². The lowest BCUT2D eigenvalue weighted by Crippen LogP contribution is -2.14. The lowest BCUT2D eigenvalue weighted by atomic mass is 10.1. The molecule has 0 aliphatic rings. The fraction of sp³-hybridized carbons (Fsp3) is 0.231. The fourth-order valence-electron chi connectivity index (χ4n) is 1.75. The number of benzene rings is 1. The Morgan fingerprint density at radius 3 is 2.78 bits per heavy atom. The van der Waals surface area contributed by atoms with E-state index in [0.29, 0.717) is 11.3 Å². The Morgan fingerprint density at radius 1 is 1.39 bits per heavy atom. The highest BCUT2D eigenvalue weighted by molar-refractivity contribution is 5.62. The van der Waals surface area contributed by atoms with Crippen molar-refractivity contribution in [1.82, 2.24) is 10.2 Å². The van der Waals surface area contributed by atoms with Gasteiger partial charge in [0, 0.05) is 11.1 Å². The Bertz CT molecular complexity index is 620. The van der Waals surface area contributed by atoms with E-state index in [9.17, 15) is 4.79 Å². The van der Waals surface area contributed by atoms with Gasteiger partial charge >= 0.3 is 0 Å². The molecule has 1 aromatic carbocycles. The molecule has 0 saturated carbocycles. The molecule has 18 heavy (non-hydrogen) atoms. The molecule has 5 heteroatoms. The lowest BCUT2D eigenvalue weighted by Gasteiger charge is -2.07. The Labute approximate surface area is 104 Å². The highest BCUT2D eigenvalue weighted by Crippen LogP contribution is 2.24. The van der Waals surface area contributed by atoms with E-state index in [1.165, 1.54) is 0 Å². The first-order valence-corrected chi connectivity index (χ1v) is 5.50. The molecule has 0 bridgehead atoms. The van der Waals surface area contributed by atoms with Gasteiger partial charge in [0.25, 0.3) is 5.56 Å². The highest BCUT2D eigenvalue weighted by atomic mass is 16.5. The monoisotopic (exact) mass is 246 g/mol. The van der Waals surface area contributed by atoms with E-state index in [4.69, 9.17) is 9.84 Å². The number of nitrogens with one attached hydrogen (secondary N) is 1. The standard InChI is InChI=1S/C13H14N2O3/c1-8-5-9(3-4-12(8)18-2)11-6-10(7-16)13(17)15-14-11/h3-6,16H,7H2,1-2H3,(H,15,17). The van der Waals surface area contributed by atoms with Crippen LogP contribution in [-0.4, -0.2) is 22.4 Å². The molecule has 1 heterocycles. The van der Waals surface area contributed by atoms with Crippen molar-refractivity contribution in [3.05, 3.63) is 45.7 Å². The summed E-state index contributed by atoms with van der Waals surface area (Å²) in [6, 6.07) is 7.20. The molecule has 0 aliphatic heterocycles. The third-order valence-corrected chi connectivity index (χ3v) is 2.74. The molecule has 0 spiro atoms. The van der Waals surface area contributed by atoms with Crippen molar-refractivity contribution in [2.75, 3.05) is 7.11 Å². The van der Waals surface area contributed by atoms with Crippen LogP contribution in [0.15, 0.2) is 29.1 Å². The number of methoxy groups -OCH3 is 1. The Kier molecular flexibility index (Phi) is 3.43. The molecular formula is C13H14N2O3. The number of rotatable bonds is 3. The van der Waals surface area contributed by atoms with Crippen LogP contribution in [-0.2, 0) is 6.61 Å². The Balaban J connectivity index is 2.48. The summed E-state index contributed by atoms with van der Waals surface area (Å²) in [7, 11) is 1.62. The molecule has 2 rings (SSSR count). The van der Waals surface area contributed by atoms with E-state index >= 15 is 0 Å². The molecule has 0 radical (unpaired) electrons. The van der Waals surface area contributed by atoms with Gasteiger partial charge in [0.2, 0.25) is 0 Å². The second-order valence-corrected chi connectivity index (χ2v) is 3.95. The molecule has 2 N–H and O–H groups in total. The number of aromatic nitrogens is 2. The summed E-state index contributed by atoms with van der Waals surface area (Å²) in [6.45, 7) is 1.63. The number of aliphatic hydroxyl groups excluding tert-OH is 1. The van der Waals surface area contributed by atoms with E-state index in [-0.39, 0.29) is 12.2 Å². The van der Waals surface area contributed by atoms with Gasteiger partial charge in [-0.05, 0) is 36.8 Å². The van der Waals surface area contributed by atoms with Crippen LogP contribution in [0.5, 0.6) is 5.75 Å². The molecule has 1 aromatic heterocycles. The summed E-state index contributed by atoms with van der Waals surface area (Å²) in [5.74, 6) is 0.797. The molecule has 0 saturated heterocycles. The predicted octanol–water partition coefficient (Wildman–Crippen LogP) is 1.25. The molecule has 0 fully saturated rings. The van der Waals surface area contributed by atoms with Crippen LogP contribution in [0.2, 0.25) is 0 Å². The second-order valence-electron chi connectivity index (χ2n) is 3.95. The van der Waals surface area contributed by atoms with Crippen molar-refractivity contribution in [1.29, 1.82) is 0 Å². The van der Waals surface area contributed by atoms with Gasteiger partial charge in [-0.1, -0.05) is 0 Å². The summed E-state index contributed by atoms with van der Waals surface area (Å²) in [5.41, 5.74) is 2.39. The minimum atomic E-state index is -0.369. The van der Waals surface area contributed by atoms with Crippen molar-refractivity contribution in [3.8, 4) is 17.0 Å². The van der Waals surface area contributed by atoms with Crippen molar-refractivity contribution in [3.63, 3.8) is 0 Å². The van der Waals surface area contributed by atoms with Crippen LogP contribution in [0.4, 0.5) is 0 Å². The molecule has 0 unspecified atom stereocenters. The summed E-state index contributed by atoms with van der Waals surface area (Å²) in [5, 5.41) is 15.4. The first-order valence-electron chi connectivity index (χ1n) is 5.50. The Morgan fingerprint density at radius 2 is 2.17 bits per heavy atom. The lowest BCUT2D eigenvalue weighted by molar-refractivity contribution is 0.280. The SMILES string of the molecule is COc1ccc(-c2cc(CO)c(=O)[nH]n2)cc1C. The molecule has 0 amide bonds. The topological polar surface area (TPSA) is 75.2 Å². The molecule has 0 aliphatic carbocycles. The van der Waals surface area contributed by atoms with Crippen LogP contribution in [0.1, 0.15) is 11.1 Å². The van der Waals surface area contributed by atoms with E-state index in [2.05, 4.69) is 10.2 Å². The number of hydrogen-bond donors (Lipinski definition) is 2. The molecule has 2 aromatic rings. The first-order chi connectivity index (χ1) is 8.65. The van der Waals surface area contributed by atoms with Gasteiger partial charge < -0.3 is 9.84 Å². The number of hydrogen-bond acceptors (Lipinski definition) is 4. The maximum Gasteiger partial charge on any atom is 0.269 e. The summed E-state index contributed by atoms with van der Waals surface area (Å²) in [4.78, 5) is 11.3. The van der Waals surface area contributed by atoms with Crippen LogP contribution < -0.4 is 10.3 Å². The third-order valence-electron chi connectivity index (χ3n) is 2.74. The van der Waals surface area contributed by atoms with E-state index < -0.39 is 0 Å². The minimum Gasteiger partial charge on any atom is -0.496 e. The van der Waals surface area contributed by atoms with Gasteiger partial charge in [0.05, 0.1) is 19.4 Å². The molecule has 94 valence electrons. The molecular weight excluding hydrogens is 232 g/mol. The van der Waals surface area contributed by atoms with Gasteiger partial charge in [0.1, 0.15) is 5.75 Å². The zero-order chi connectivity index (χ0) is 13.1. The van der Waals surface area contributed by atoms with Crippen LogP contribution in [0.25, 0.3) is 11.3 Å². The van der Waals surface area contributed by atoms with Crippen molar-refractivity contribution in [2.45, 2.75) is 13.5 Å². The Hall–Kier alpha value is -2.14. The maximum absolute atomic E-state index is 11.3. The molecule has 5 nitrogen and oxygen atoms in total. The summed E-state index contributed by atoms with van der Waals surface area (Å²) < 4.78 is 5.18. The summed E-state index contributed by atoms with van der Waals surface area (Å²) in [6.07, 6.45) is 0. The number of aryl methyl sites for hydroxylation is 1.